The van der Waals surface area contributed by atoms with Gasteiger partial charge in [-0.05, 0) is 36.8 Å². The number of halogens is 3. The number of likely N-dealkylation sites (tertiary alicyclic amines) is 2. The molecule has 1 aromatic carbocycles. The Morgan fingerprint density at radius 2 is 1.76 bits per heavy atom. The van der Waals surface area contributed by atoms with Gasteiger partial charge in [-0.3, -0.25) is 14.4 Å². The molecule has 3 amide bonds. The Morgan fingerprint density at radius 1 is 1.09 bits per heavy atom. The largest absolute Gasteiger partial charge is 0.393 e. The first-order chi connectivity index (χ1) is 16.1. The van der Waals surface area contributed by atoms with E-state index in [0.717, 1.165) is 11.1 Å². The zero-order valence-electron chi connectivity index (χ0n) is 19.0. The van der Waals surface area contributed by atoms with E-state index in [1.54, 1.807) is 0 Å². The molecule has 188 valence electrons. The Labute approximate surface area is 196 Å². The van der Waals surface area contributed by atoms with Crippen LogP contribution in [0, 0.1) is 5.92 Å². The molecule has 0 spiro atoms. The molecule has 2 saturated heterocycles. The third-order valence-corrected chi connectivity index (χ3v) is 6.55. The maximum atomic E-state index is 12.9. The SMILES string of the molecule is NCc1ccc(CNC(=O)C2CCCN2C(=O)C(N)CCC(=O)N2CCC(C(F)(F)F)C2)cc1. The number of rotatable bonds is 8. The van der Waals surface area contributed by atoms with Crippen LogP contribution in [0.25, 0.3) is 0 Å². The van der Waals surface area contributed by atoms with E-state index in [2.05, 4.69) is 5.32 Å². The number of alkyl halides is 3. The fourth-order valence-corrected chi connectivity index (χ4v) is 4.43. The number of hydrogen-bond acceptors (Lipinski definition) is 5. The number of amides is 3. The highest BCUT2D eigenvalue weighted by molar-refractivity contribution is 5.90. The molecule has 1 aromatic rings. The van der Waals surface area contributed by atoms with Crippen molar-refractivity contribution in [2.75, 3.05) is 19.6 Å². The van der Waals surface area contributed by atoms with Crippen molar-refractivity contribution in [1.29, 1.82) is 0 Å². The predicted molar refractivity (Wildman–Crippen MR) is 119 cm³/mol. The maximum absolute atomic E-state index is 12.9. The fraction of sp³-hybridized carbons (Fsp3) is 0.609. The molecule has 0 aliphatic carbocycles. The van der Waals surface area contributed by atoms with Crippen LogP contribution in [-0.2, 0) is 27.5 Å². The van der Waals surface area contributed by atoms with Gasteiger partial charge in [0.05, 0.1) is 12.0 Å². The molecule has 2 aliphatic heterocycles. The van der Waals surface area contributed by atoms with Crippen molar-refractivity contribution < 1.29 is 27.6 Å². The molecule has 8 nitrogen and oxygen atoms in total. The summed E-state index contributed by atoms with van der Waals surface area (Å²) in [5, 5.41) is 2.85. The van der Waals surface area contributed by atoms with Gasteiger partial charge in [0, 0.05) is 39.1 Å². The van der Waals surface area contributed by atoms with Crippen molar-refractivity contribution in [3.63, 3.8) is 0 Å². The van der Waals surface area contributed by atoms with Crippen LogP contribution in [0.15, 0.2) is 24.3 Å². The molecule has 2 heterocycles. The van der Waals surface area contributed by atoms with Crippen LogP contribution in [0.5, 0.6) is 0 Å². The third kappa shape index (κ3) is 6.47. The van der Waals surface area contributed by atoms with E-state index >= 15 is 0 Å². The number of carbonyl (C=O) groups is 3. The van der Waals surface area contributed by atoms with Gasteiger partial charge in [-0.15, -0.1) is 0 Å². The van der Waals surface area contributed by atoms with Gasteiger partial charge in [0.15, 0.2) is 0 Å². The molecular weight excluding hydrogens is 451 g/mol. The van der Waals surface area contributed by atoms with E-state index in [1.165, 1.54) is 9.80 Å². The highest BCUT2D eigenvalue weighted by Gasteiger charge is 2.44. The van der Waals surface area contributed by atoms with Gasteiger partial charge in [-0.1, -0.05) is 24.3 Å². The summed E-state index contributed by atoms with van der Waals surface area (Å²) in [5.74, 6) is -2.64. The van der Waals surface area contributed by atoms with Crippen molar-refractivity contribution in [2.45, 2.75) is 63.5 Å². The standard InChI is InChI=1S/C23H32F3N5O3/c24-23(25,26)17-9-11-30(14-17)20(32)8-7-18(28)22(34)31-10-1-2-19(31)21(33)29-13-16-5-3-15(12-27)4-6-16/h3-6,17-19H,1-2,7-14,27-28H2,(H,29,33). The van der Waals surface area contributed by atoms with Crippen LogP contribution in [0.1, 0.15) is 43.2 Å². The van der Waals surface area contributed by atoms with Crippen molar-refractivity contribution in [1.82, 2.24) is 15.1 Å². The van der Waals surface area contributed by atoms with Crippen molar-refractivity contribution >= 4 is 17.7 Å². The first kappa shape index (κ1) is 26.0. The first-order valence-electron chi connectivity index (χ1n) is 11.6. The molecule has 3 atom stereocenters. The van der Waals surface area contributed by atoms with Gasteiger partial charge in [-0.25, -0.2) is 0 Å². The van der Waals surface area contributed by atoms with Gasteiger partial charge >= 0.3 is 6.18 Å². The summed E-state index contributed by atoms with van der Waals surface area (Å²) >= 11 is 0. The number of carbonyl (C=O) groups excluding carboxylic acids is 3. The lowest BCUT2D eigenvalue weighted by atomic mass is 10.1. The molecule has 0 bridgehead atoms. The Balaban J connectivity index is 1.46. The normalized spacial score (nSPS) is 21.6. The topological polar surface area (TPSA) is 122 Å². The molecule has 0 saturated carbocycles. The van der Waals surface area contributed by atoms with Crippen LogP contribution >= 0.6 is 0 Å². The van der Waals surface area contributed by atoms with E-state index in [-0.39, 0.29) is 38.3 Å². The molecular formula is C23H32F3N5O3. The summed E-state index contributed by atoms with van der Waals surface area (Å²) in [5.41, 5.74) is 13.5. The van der Waals surface area contributed by atoms with Crippen molar-refractivity contribution in [3.05, 3.63) is 35.4 Å². The van der Waals surface area contributed by atoms with Gasteiger partial charge < -0.3 is 26.6 Å². The number of nitrogens with one attached hydrogen (secondary N) is 1. The molecule has 0 aromatic heterocycles. The highest BCUT2D eigenvalue weighted by atomic mass is 19.4. The number of hydrogen-bond donors (Lipinski definition) is 3. The van der Waals surface area contributed by atoms with E-state index in [9.17, 15) is 27.6 Å². The number of benzene rings is 1. The minimum absolute atomic E-state index is 0.0170. The zero-order valence-corrected chi connectivity index (χ0v) is 19.0. The minimum Gasteiger partial charge on any atom is -0.350 e. The van der Waals surface area contributed by atoms with E-state index in [0.29, 0.717) is 32.5 Å². The lowest BCUT2D eigenvalue weighted by Crippen LogP contribution is -2.51. The molecule has 2 fully saturated rings. The first-order valence-corrected chi connectivity index (χ1v) is 11.6. The molecule has 3 rings (SSSR count). The van der Waals surface area contributed by atoms with Crippen molar-refractivity contribution in [2.24, 2.45) is 17.4 Å². The van der Waals surface area contributed by atoms with Crippen LogP contribution < -0.4 is 16.8 Å². The van der Waals surface area contributed by atoms with Gasteiger partial charge in [0.25, 0.3) is 0 Å². The maximum Gasteiger partial charge on any atom is 0.393 e. The summed E-state index contributed by atoms with van der Waals surface area (Å²) < 4.78 is 38.5. The van der Waals surface area contributed by atoms with Crippen molar-refractivity contribution in [3.8, 4) is 0 Å². The molecule has 11 heteroatoms. The van der Waals surface area contributed by atoms with Gasteiger partial charge in [0.1, 0.15) is 6.04 Å². The highest BCUT2D eigenvalue weighted by Crippen LogP contribution is 2.33. The van der Waals surface area contributed by atoms with Crippen LogP contribution in [0.2, 0.25) is 0 Å². The number of nitrogens with two attached hydrogens (primary N) is 2. The molecule has 34 heavy (non-hydrogen) atoms. The number of nitrogens with zero attached hydrogens (tertiary/aromatic N) is 2. The van der Waals surface area contributed by atoms with Gasteiger partial charge in [0.2, 0.25) is 17.7 Å². The van der Waals surface area contributed by atoms with Gasteiger partial charge in [-0.2, -0.15) is 13.2 Å². The molecule has 0 radical (unpaired) electrons. The summed E-state index contributed by atoms with van der Waals surface area (Å²) in [6.07, 6.45) is -3.35. The van der Waals surface area contributed by atoms with Crippen LogP contribution in [0.3, 0.4) is 0 Å². The van der Waals surface area contributed by atoms with E-state index in [1.807, 2.05) is 24.3 Å². The minimum atomic E-state index is -4.32. The van der Waals surface area contributed by atoms with Crippen LogP contribution in [-0.4, -0.2) is 65.4 Å². The quantitative estimate of drug-likeness (QED) is 0.514. The predicted octanol–water partition coefficient (Wildman–Crippen LogP) is 1.27. The average molecular weight is 484 g/mol. The second-order valence-electron chi connectivity index (χ2n) is 8.94. The molecule has 2 aliphatic rings. The summed E-state index contributed by atoms with van der Waals surface area (Å²) in [4.78, 5) is 40.5. The Morgan fingerprint density at radius 3 is 2.38 bits per heavy atom. The Kier molecular flexibility index (Phi) is 8.53. The van der Waals surface area contributed by atoms with E-state index in [4.69, 9.17) is 11.5 Å². The average Bonchev–Trinajstić information content (AvgIpc) is 3.50. The van der Waals surface area contributed by atoms with Crippen LogP contribution in [0.4, 0.5) is 13.2 Å². The molecule has 3 unspecified atom stereocenters. The lowest BCUT2D eigenvalue weighted by Gasteiger charge is -2.27. The summed E-state index contributed by atoms with van der Waals surface area (Å²) in [7, 11) is 0. The second-order valence-corrected chi connectivity index (χ2v) is 8.94. The third-order valence-electron chi connectivity index (χ3n) is 6.55. The second kappa shape index (κ2) is 11.2. The fourth-order valence-electron chi connectivity index (χ4n) is 4.43. The smallest absolute Gasteiger partial charge is 0.350 e. The molecule has 5 N–H and O–H groups in total. The summed E-state index contributed by atoms with van der Waals surface area (Å²) in [6.45, 7) is 0.842. The summed E-state index contributed by atoms with van der Waals surface area (Å²) in [6, 6.07) is 5.90. The monoisotopic (exact) mass is 483 g/mol. The van der Waals surface area contributed by atoms with E-state index < -0.39 is 36.0 Å². The Hall–Kier alpha value is -2.66. The zero-order chi connectivity index (χ0) is 24.9. The Bertz CT molecular complexity index is 878. The lowest BCUT2D eigenvalue weighted by molar-refractivity contribution is -0.171.